The van der Waals surface area contributed by atoms with Gasteiger partial charge >= 0.3 is 0 Å². The van der Waals surface area contributed by atoms with Crippen LogP contribution in [-0.2, 0) is 4.74 Å². The molecule has 1 aliphatic heterocycles. The molecule has 25 heavy (non-hydrogen) atoms. The second kappa shape index (κ2) is 7.87. The van der Waals surface area contributed by atoms with E-state index in [-0.39, 0.29) is 16.8 Å². The van der Waals surface area contributed by atoms with Crippen LogP contribution in [0.4, 0.5) is 5.69 Å². The molecule has 5 nitrogen and oxygen atoms in total. The number of hydrogen-bond donors (Lipinski definition) is 1. The molecule has 0 saturated carbocycles. The highest BCUT2D eigenvalue weighted by molar-refractivity contribution is 6.44. The molecule has 2 aromatic carbocycles. The summed E-state index contributed by atoms with van der Waals surface area (Å²) in [6.07, 6.45) is 0. The van der Waals surface area contributed by atoms with Crippen LogP contribution in [0.5, 0.6) is 0 Å². The van der Waals surface area contributed by atoms with Gasteiger partial charge < -0.3 is 15.0 Å². The summed E-state index contributed by atoms with van der Waals surface area (Å²) in [7, 11) is 0. The van der Waals surface area contributed by atoms with Crippen molar-refractivity contribution < 1.29 is 14.3 Å². The topological polar surface area (TPSA) is 58.6 Å². The highest BCUT2D eigenvalue weighted by atomic mass is 35.5. The number of carbonyl (C=O) groups excluding carboxylic acids is 2. The van der Waals surface area contributed by atoms with Gasteiger partial charge in [-0.25, -0.2) is 0 Å². The third-order valence-corrected chi connectivity index (χ3v) is 4.69. The summed E-state index contributed by atoms with van der Waals surface area (Å²) in [6.45, 7) is 2.15. The van der Waals surface area contributed by atoms with Crippen LogP contribution in [-0.4, -0.2) is 43.0 Å². The maximum Gasteiger partial charge on any atom is 0.255 e. The van der Waals surface area contributed by atoms with Crippen molar-refractivity contribution in [3.63, 3.8) is 0 Å². The van der Waals surface area contributed by atoms with Crippen LogP contribution in [0.15, 0.2) is 42.5 Å². The summed E-state index contributed by atoms with van der Waals surface area (Å²) in [5, 5.41) is 3.35. The lowest BCUT2D eigenvalue weighted by Crippen LogP contribution is -2.40. The molecule has 2 aromatic rings. The first-order valence-electron chi connectivity index (χ1n) is 7.79. The summed E-state index contributed by atoms with van der Waals surface area (Å²) < 4.78 is 5.25. The number of rotatable bonds is 3. The Morgan fingerprint density at radius 2 is 1.68 bits per heavy atom. The van der Waals surface area contributed by atoms with Gasteiger partial charge in [-0.2, -0.15) is 0 Å². The van der Waals surface area contributed by atoms with Crippen molar-refractivity contribution in [1.82, 2.24) is 4.90 Å². The quantitative estimate of drug-likeness (QED) is 0.885. The van der Waals surface area contributed by atoms with E-state index in [0.717, 1.165) is 0 Å². The van der Waals surface area contributed by atoms with Crippen LogP contribution >= 0.6 is 23.2 Å². The van der Waals surface area contributed by atoms with Gasteiger partial charge in [-0.3, -0.25) is 9.59 Å². The zero-order chi connectivity index (χ0) is 17.8. The normalized spacial score (nSPS) is 14.2. The van der Waals surface area contributed by atoms with E-state index in [1.807, 2.05) is 0 Å². The third kappa shape index (κ3) is 4.12. The molecule has 0 atom stereocenters. The largest absolute Gasteiger partial charge is 0.378 e. The Labute approximate surface area is 155 Å². The average Bonchev–Trinajstić information content (AvgIpc) is 2.65. The fraction of sp³-hybridized carbons (Fsp3) is 0.222. The Balaban J connectivity index is 1.77. The minimum absolute atomic E-state index is 0.112. The monoisotopic (exact) mass is 378 g/mol. The number of morpholine rings is 1. The van der Waals surface area contributed by atoms with E-state index in [0.29, 0.717) is 48.1 Å². The van der Waals surface area contributed by atoms with Gasteiger partial charge in [0.05, 0.1) is 28.9 Å². The number of benzene rings is 2. The minimum atomic E-state index is -0.360. The lowest BCUT2D eigenvalue weighted by atomic mass is 10.1. The van der Waals surface area contributed by atoms with E-state index >= 15 is 0 Å². The van der Waals surface area contributed by atoms with Gasteiger partial charge in [0.15, 0.2) is 0 Å². The summed E-state index contributed by atoms with van der Waals surface area (Å²) >= 11 is 12.0. The number of nitrogens with one attached hydrogen (secondary N) is 1. The predicted molar refractivity (Wildman–Crippen MR) is 97.6 cm³/mol. The minimum Gasteiger partial charge on any atom is -0.378 e. The molecule has 3 rings (SSSR count). The zero-order valence-electron chi connectivity index (χ0n) is 13.3. The van der Waals surface area contributed by atoms with Gasteiger partial charge in [0.1, 0.15) is 0 Å². The molecule has 0 aromatic heterocycles. The van der Waals surface area contributed by atoms with Crippen molar-refractivity contribution in [2.75, 3.05) is 31.6 Å². The Morgan fingerprint density at radius 3 is 2.44 bits per heavy atom. The average molecular weight is 379 g/mol. The smallest absolute Gasteiger partial charge is 0.255 e. The molecule has 0 aliphatic carbocycles. The Kier molecular flexibility index (Phi) is 5.58. The highest BCUT2D eigenvalue weighted by Crippen LogP contribution is 2.29. The summed E-state index contributed by atoms with van der Waals surface area (Å²) in [4.78, 5) is 26.7. The van der Waals surface area contributed by atoms with Gasteiger partial charge in [0, 0.05) is 24.2 Å². The fourth-order valence-corrected chi connectivity index (χ4v) is 2.89. The molecule has 0 radical (unpaired) electrons. The molecule has 1 N–H and O–H groups in total. The predicted octanol–water partition coefficient (Wildman–Crippen LogP) is 3.72. The van der Waals surface area contributed by atoms with Crippen molar-refractivity contribution in [2.45, 2.75) is 0 Å². The van der Waals surface area contributed by atoms with E-state index in [2.05, 4.69) is 5.32 Å². The van der Waals surface area contributed by atoms with Gasteiger partial charge in [-0.15, -0.1) is 0 Å². The molecular weight excluding hydrogens is 363 g/mol. The summed E-state index contributed by atoms with van der Waals surface area (Å²) in [6, 6.07) is 11.6. The Hall–Kier alpha value is -2.08. The lowest BCUT2D eigenvalue weighted by molar-refractivity contribution is 0.0303. The van der Waals surface area contributed by atoms with Crippen LogP contribution in [0, 0.1) is 0 Å². The standard InChI is InChI=1S/C18H16Cl2N2O3/c19-14-5-2-6-15(16(14)20)21-17(23)12-3-1-4-13(11-12)18(24)22-7-9-25-10-8-22/h1-6,11H,7-10H2,(H,21,23). The van der Waals surface area contributed by atoms with Crippen LogP contribution in [0.3, 0.4) is 0 Å². The third-order valence-electron chi connectivity index (χ3n) is 3.87. The van der Waals surface area contributed by atoms with Crippen LogP contribution in [0.1, 0.15) is 20.7 Å². The molecule has 2 amide bonds. The maximum atomic E-state index is 12.5. The molecule has 1 fully saturated rings. The molecule has 1 aliphatic rings. The maximum absolute atomic E-state index is 12.5. The lowest BCUT2D eigenvalue weighted by Gasteiger charge is -2.27. The highest BCUT2D eigenvalue weighted by Gasteiger charge is 2.19. The first-order chi connectivity index (χ1) is 12.1. The van der Waals surface area contributed by atoms with Gasteiger partial charge in [-0.1, -0.05) is 35.3 Å². The van der Waals surface area contributed by atoms with Crippen molar-refractivity contribution in [2.24, 2.45) is 0 Å². The van der Waals surface area contributed by atoms with Gasteiger partial charge in [0.2, 0.25) is 0 Å². The number of nitrogens with zero attached hydrogens (tertiary/aromatic N) is 1. The van der Waals surface area contributed by atoms with Crippen molar-refractivity contribution >= 4 is 40.7 Å². The first-order valence-corrected chi connectivity index (χ1v) is 8.54. The Bertz CT molecular complexity index is 805. The van der Waals surface area contributed by atoms with E-state index in [1.54, 1.807) is 47.4 Å². The van der Waals surface area contributed by atoms with E-state index in [4.69, 9.17) is 27.9 Å². The van der Waals surface area contributed by atoms with Gasteiger partial charge in [0.25, 0.3) is 11.8 Å². The molecule has 7 heteroatoms. The van der Waals surface area contributed by atoms with E-state index < -0.39 is 0 Å². The molecule has 1 saturated heterocycles. The van der Waals surface area contributed by atoms with Crippen molar-refractivity contribution in [3.8, 4) is 0 Å². The molecular formula is C18H16Cl2N2O3. The first kappa shape index (κ1) is 17.7. The SMILES string of the molecule is O=C(Nc1cccc(Cl)c1Cl)c1cccc(C(=O)N2CCOCC2)c1. The molecule has 0 bridgehead atoms. The number of ether oxygens (including phenoxy) is 1. The molecule has 0 unspecified atom stereocenters. The van der Waals surface area contributed by atoms with Crippen molar-refractivity contribution in [3.05, 3.63) is 63.6 Å². The van der Waals surface area contributed by atoms with E-state index in [9.17, 15) is 9.59 Å². The summed E-state index contributed by atoms with van der Waals surface area (Å²) in [5.41, 5.74) is 1.26. The van der Waals surface area contributed by atoms with Crippen LogP contribution in [0.2, 0.25) is 10.0 Å². The zero-order valence-corrected chi connectivity index (χ0v) is 14.8. The Morgan fingerprint density at radius 1 is 1.00 bits per heavy atom. The van der Waals surface area contributed by atoms with Crippen LogP contribution in [0.25, 0.3) is 0 Å². The number of halogens is 2. The molecule has 1 heterocycles. The molecule has 130 valence electrons. The number of amides is 2. The van der Waals surface area contributed by atoms with Crippen molar-refractivity contribution in [1.29, 1.82) is 0 Å². The summed E-state index contributed by atoms with van der Waals surface area (Å²) in [5.74, 6) is -0.473. The fourth-order valence-electron chi connectivity index (χ4n) is 2.54. The number of anilines is 1. The van der Waals surface area contributed by atoms with Crippen LogP contribution < -0.4 is 5.32 Å². The number of hydrogen-bond acceptors (Lipinski definition) is 3. The second-order valence-electron chi connectivity index (χ2n) is 5.54. The number of carbonyl (C=O) groups is 2. The molecule has 0 spiro atoms. The van der Waals surface area contributed by atoms with Gasteiger partial charge in [-0.05, 0) is 30.3 Å². The second-order valence-corrected chi connectivity index (χ2v) is 6.33. The van der Waals surface area contributed by atoms with E-state index in [1.165, 1.54) is 0 Å².